The van der Waals surface area contributed by atoms with Crippen LogP contribution < -0.4 is 0 Å². The van der Waals surface area contributed by atoms with Crippen LogP contribution in [0.15, 0.2) is 29.8 Å². The lowest BCUT2D eigenvalue weighted by Gasteiger charge is -2.04. The molecule has 0 aromatic carbocycles. The fourth-order valence-corrected chi connectivity index (χ4v) is 2.77. The van der Waals surface area contributed by atoms with Crippen LogP contribution in [-0.2, 0) is 11.3 Å². The molecule has 4 nitrogen and oxygen atoms in total. The zero-order chi connectivity index (χ0) is 13.2. The minimum atomic E-state index is 0.406. The number of nitrogens with zero attached hydrogens (tertiary/aromatic N) is 3. The molecule has 0 atom stereocenters. The molecule has 0 bridgehead atoms. The lowest BCUT2D eigenvalue weighted by Crippen LogP contribution is -1.97. The Morgan fingerprint density at radius 2 is 2.21 bits per heavy atom. The Labute approximate surface area is 119 Å². The molecule has 0 unspecified atom stereocenters. The highest BCUT2D eigenvalue weighted by Gasteiger charge is 2.08. The topological polar surface area (TPSA) is 47.9 Å². The monoisotopic (exact) mass is 291 g/mol. The highest BCUT2D eigenvalue weighted by molar-refractivity contribution is 7.17. The molecule has 3 rings (SSSR count). The van der Waals surface area contributed by atoms with E-state index in [4.69, 9.17) is 16.3 Å². The second kappa shape index (κ2) is 5.21. The second-order valence-electron chi connectivity index (χ2n) is 3.97. The van der Waals surface area contributed by atoms with Gasteiger partial charge in [0.15, 0.2) is 5.82 Å². The second-order valence-corrected chi connectivity index (χ2v) is 5.30. The van der Waals surface area contributed by atoms with Gasteiger partial charge in [0.25, 0.3) is 0 Å². The van der Waals surface area contributed by atoms with E-state index < -0.39 is 0 Å². The number of halogens is 1. The van der Waals surface area contributed by atoms with E-state index in [0.29, 0.717) is 17.6 Å². The number of ether oxygens (including phenoxy) is 1. The molecule has 0 aliphatic carbocycles. The first-order valence-electron chi connectivity index (χ1n) is 5.62. The lowest BCUT2D eigenvalue weighted by molar-refractivity contribution is 0.181. The molecule has 0 fully saturated rings. The molecular weight excluding hydrogens is 282 g/mol. The third-order valence-corrected chi connectivity index (χ3v) is 3.65. The number of fused-ring (bicyclic) bond motifs is 1. The number of hydrogen-bond acceptors (Lipinski definition) is 5. The van der Waals surface area contributed by atoms with Crippen LogP contribution in [-0.4, -0.2) is 22.1 Å². The molecule has 19 heavy (non-hydrogen) atoms. The van der Waals surface area contributed by atoms with Crippen LogP contribution in [0, 0.1) is 0 Å². The third-order valence-electron chi connectivity index (χ3n) is 2.60. The molecule has 6 heteroatoms. The first kappa shape index (κ1) is 12.5. The van der Waals surface area contributed by atoms with E-state index in [2.05, 4.69) is 15.0 Å². The summed E-state index contributed by atoms with van der Waals surface area (Å²) in [6.07, 6.45) is 1.76. The normalized spacial score (nSPS) is 11.1. The molecule has 0 spiro atoms. The summed E-state index contributed by atoms with van der Waals surface area (Å²) in [6.45, 7) is 0.407. The van der Waals surface area contributed by atoms with Gasteiger partial charge < -0.3 is 4.74 Å². The first-order chi connectivity index (χ1) is 9.26. The summed E-state index contributed by atoms with van der Waals surface area (Å²) in [7, 11) is 1.62. The molecule has 0 aliphatic rings. The van der Waals surface area contributed by atoms with Crippen molar-refractivity contribution in [2.75, 3.05) is 7.11 Å². The molecule has 3 heterocycles. The van der Waals surface area contributed by atoms with Crippen molar-refractivity contribution in [3.05, 3.63) is 40.6 Å². The molecule has 0 saturated heterocycles. The molecule has 3 aromatic heterocycles. The SMILES string of the molecule is COCc1cc(Cl)nc(-c2cnc3ccsc3c2)n1. The van der Waals surface area contributed by atoms with E-state index in [1.54, 1.807) is 30.7 Å². The number of aromatic nitrogens is 3. The van der Waals surface area contributed by atoms with E-state index in [1.807, 2.05) is 17.5 Å². The largest absolute Gasteiger partial charge is 0.378 e. The average Bonchev–Trinajstić information content (AvgIpc) is 2.85. The predicted octanol–water partition coefficient (Wildman–Crippen LogP) is 3.55. The summed E-state index contributed by atoms with van der Waals surface area (Å²) >= 11 is 7.65. The number of methoxy groups -OCH3 is 1. The van der Waals surface area contributed by atoms with Crippen LogP contribution in [0.4, 0.5) is 0 Å². The Morgan fingerprint density at radius 3 is 3.05 bits per heavy atom. The Bertz CT molecular complexity index is 729. The number of hydrogen-bond donors (Lipinski definition) is 0. The van der Waals surface area contributed by atoms with Gasteiger partial charge in [-0.2, -0.15) is 0 Å². The maximum Gasteiger partial charge on any atom is 0.162 e. The van der Waals surface area contributed by atoms with E-state index in [1.165, 1.54) is 0 Å². The van der Waals surface area contributed by atoms with Crippen molar-refractivity contribution in [3.8, 4) is 11.4 Å². The maximum absolute atomic E-state index is 6.01. The van der Waals surface area contributed by atoms with Gasteiger partial charge in [-0.15, -0.1) is 11.3 Å². The fourth-order valence-electron chi connectivity index (χ4n) is 1.78. The highest BCUT2D eigenvalue weighted by atomic mass is 35.5. The quantitative estimate of drug-likeness (QED) is 0.692. The van der Waals surface area contributed by atoms with Gasteiger partial charge in [-0.1, -0.05) is 11.6 Å². The van der Waals surface area contributed by atoms with E-state index >= 15 is 0 Å². The summed E-state index contributed by atoms with van der Waals surface area (Å²) in [5.41, 5.74) is 2.59. The van der Waals surface area contributed by atoms with E-state index in [9.17, 15) is 0 Å². The predicted molar refractivity (Wildman–Crippen MR) is 76.4 cm³/mol. The van der Waals surface area contributed by atoms with Crippen LogP contribution in [0.25, 0.3) is 21.6 Å². The zero-order valence-electron chi connectivity index (χ0n) is 10.1. The fraction of sp³-hybridized carbons (Fsp3) is 0.154. The Balaban J connectivity index is 2.09. The van der Waals surface area contributed by atoms with Crippen molar-refractivity contribution < 1.29 is 4.74 Å². The number of pyridine rings is 1. The molecule has 0 N–H and O–H groups in total. The van der Waals surface area contributed by atoms with Gasteiger partial charge in [0, 0.05) is 18.9 Å². The molecule has 0 amide bonds. The van der Waals surface area contributed by atoms with Crippen LogP contribution in [0.2, 0.25) is 5.15 Å². The third kappa shape index (κ3) is 2.58. The standard InChI is InChI=1S/C13H10ClN3OS/c1-18-7-9-5-12(14)17-13(16-9)8-4-11-10(15-6-8)2-3-19-11/h2-6H,7H2,1H3. The summed E-state index contributed by atoms with van der Waals surface area (Å²) in [5, 5.41) is 2.42. The van der Waals surface area contributed by atoms with Gasteiger partial charge in [0.05, 0.1) is 22.5 Å². The van der Waals surface area contributed by atoms with Crippen molar-refractivity contribution in [1.82, 2.24) is 15.0 Å². The number of rotatable bonds is 3. The summed E-state index contributed by atoms with van der Waals surface area (Å²) < 4.78 is 6.17. The van der Waals surface area contributed by atoms with Crippen LogP contribution in [0.1, 0.15) is 5.69 Å². The minimum Gasteiger partial charge on any atom is -0.378 e. The van der Waals surface area contributed by atoms with Crippen molar-refractivity contribution in [3.63, 3.8) is 0 Å². The van der Waals surface area contributed by atoms with Crippen molar-refractivity contribution in [2.45, 2.75) is 6.61 Å². The lowest BCUT2D eigenvalue weighted by atomic mass is 10.2. The molecule has 3 aromatic rings. The zero-order valence-corrected chi connectivity index (χ0v) is 11.7. The molecule has 96 valence electrons. The Kier molecular flexibility index (Phi) is 3.42. The maximum atomic E-state index is 6.01. The van der Waals surface area contributed by atoms with E-state index in [-0.39, 0.29) is 0 Å². The smallest absolute Gasteiger partial charge is 0.162 e. The van der Waals surface area contributed by atoms with Crippen LogP contribution in [0.5, 0.6) is 0 Å². The Hall–Kier alpha value is -1.56. The van der Waals surface area contributed by atoms with Gasteiger partial charge in [-0.3, -0.25) is 4.98 Å². The van der Waals surface area contributed by atoms with Gasteiger partial charge in [0.1, 0.15) is 5.15 Å². The number of thiophene rings is 1. The Morgan fingerprint density at radius 1 is 1.32 bits per heavy atom. The van der Waals surface area contributed by atoms with Crippen LogP contribution >= 0.6 is 22.9 Å². The van der Waals surface area contributed by atoms with Crippen molar-refractivity contribution >= 4 is 33.2 Å². The van der Waals surface area contributed by atoms with Gasteiger partial charge in [0.2, 0.25) is 0 Å². The molecule has 0 radical (unpaired) electrons. The minimum absolute atomic E-state index is 0.406. The summed E-state index contributed by atoms with van der Waals surface area (Å²) in [6, 6.07) is 5.71. The molecule has 0 aliphatic heterocycles. The van der Waals surface area contributed by atoms with Gasteiger partial charge in [-0.25, -0.2) is 9.97 Å². The van der Waals surface area contributed by atoms with Crippen LogP contribution in [0.3, 0.4) is 0 Å². The van der Waals surface area contributed by atoms with Crippen molar-refractivity contribution in [2.24, 2.45) is 0 Å². The van der Waals surface area contributed by atoms with Gasteiger partial charge >= 0.3 is 0 Å². The summed E-state index contributed by atoms with van der Waals surface area (Å²) in [4.78, 5) is 13.0. The van der Waals surface area contributed by atoms with Crippen molar-refractivity contribution in [1.29, 1.82) is 0 Å². The van der Waals surface area contributed by atoms with E-state index in [0.717, 1.165) is 21.5 Å². The highest BCUT2D eigenvalue weighted by Crippen LogP contribution is 2.25. The van der Waals surface area contributed by atoms with Gasteiger partial charge in [-0.05, 0) is 23.6 Å². The molecule has 0 saturated carbocycles. The average molecular weight is 292 g/mol. The summed E-state index contributed by atoms with van der Waals surface area (Å²) in [5.74, 6) is 0.572. The molecular formula is C13H10ClN3OS. The first-order valence-corrected chi connectivity index (χ1v) is 6.88.